The average Bonchev–Trinajstić information content (AvgIpc) is 2.74. The molecule has 1 aromatic rings. The molecule has 9 heteroatoms. The van der Waals surface area contributed by atoms with Crippen molar-refractivity contribution in [2.45, 2.75) is 18.6 Å². The Kier molecular flexibility index (Phi) is 2.98. The number of sulfonamides is 1. The van der Waals surface area contributed by atoms with Gasteiger partial charge in [-0.3, -0.25) is 4.79 Å². The molecule has 0 aliphatic carbocycles. The number of aliphatic carboxylic acids is 1. The molecule has 1 N–H and O–H groups in total. The van der Waals surface area contributed by atoms with Gasteiger partial charge in [0.25, 0.3) is 15.9 Å². The number of carboxylic acids is 1. The van der Waals surface area contributed by atoms with Crippen LogP contribution in [0, 0.1) is 0 Å². The zero-order valence-corrected chi connectivity index (χ0v) is 11.7. The number of carbonyl (C=O) groups is 2. The van der Waals surface area contributed by atoms with Gasteiger partial charge in [-0.1, -0.05) is 11.3 Å². The third-order valence-corrected chi connectivity index (χ3v) is 6.01. The second-order valence-corrected chi connectivity index (χ2v) is 7.68. The van der Waals surface area contributed by atoms with Gasteiger partial charge >= 0.3 is 5.97 Å². The minimum absolute atomic E-state index is 0.0226. The largest absolute Gasteiger partial charge is 0.478 e. The number of hydrogen-bond acceptors (Lipinski definition) is 6. The van der Waals surface area contributed by atoms with Crippen molar-refractivity contribution in [1.82, 2.24) is 4.98 Å². The number of carbonyl (C=O) groups excluding carboxylic acids is 1. The van der Waals surface area contributed by atoms with Crippen molar-refractivity contribution in [1.29, 1.82) is 0 Å². The molecule has 1 aliphatic heterocycles. The molecule has 2 heterocycles. The van der Waals surface area contributed by atoms with E-state index in [2.05, 4.69) is 4.98 Å². The van der Waals surface area contributed by atoms with Crippen LogP contribution in [0.2, 0.25) is 0 Å². The van der Waals surface area contributed by atoms with E-state index in [9.17, 15) is 18.0 Å². The molecule has 1 saturated heterocycles. The van der Waals surface area contributed by atoms with Crippen LogP contribution in [0.15, 0.2) is 12.3 Å². The van der Waals surface area contributed by atoms with Gasteiger partial charge < -0.3 is 5.11 Å². The molecule has 1 aromatic heterocycles. The smallest absolute Gasteiger partial charge is 0.328 e. The third-order valence-electron chi connectivity index (χ3n) is 2.66. The van der Waals surface area contributed by atoms with Gasteiger partial charge in [-0.25, -0.2) is 18.2 Å². The maximum Gasteiger partial charge on any atom is 0.328 e. The molecule has 0 atom stereocenters. The Labute approximate surface area is 113 Å². The summed E-state index contributed by atoms with van der Waals surface area (Å²) in [6.07, 6.45) is 3.51. The molecule has 1 fully saturated rings. The van der Waals surface area contributed by atoms with E-state index >= 15 is 0 Å². The number of anilines is 1. The molecule has 0 aromatic carbocycles. The second-order valence-electron chi connectivity index (χ2n) is 4.30. The monoisotopic (exact) mass is 302 g/mol. The summed E-state index contributed by atoms with van der Waals surface area (Å²) < 4.78 is 23.0. The van der Waals surface area contributed by atoms with Crippen LogP contribution in [0.5, 0.6) is 0 Å². The molecule has 7 nitrogen and oxygen atoms in total. The SMILES string of the molecule is CC1(C)C(=O)N(c2ncc(C=CC(=O)O)s2)S1(=O)=O. The topological polar surface area (TPSA) is 105 Å². The minimum Gasteiger partial charge on any atom is -0.478 e. The summed E-state index contributed by atoms with van der Waals surface area (Å²) in [4.78, 5) is 26.4. The number of thiazole rings is 1. The Morgan fingerprint density at radius 1 is 1.53 bits per heavy atom. The number of aromatic nitrogens is 1. The molecule has 0 radical (unpaired) electrons. The number of hydrogen-bond donors (Lipinski definition) is 1. The van der Waals surface area contributed by atoms with Crippen LogP contribution in [0.1, 0.15) is 18.7 Å². The van der Waals surface area contributed by atoms with Gasteiger partial charge in [-0.05, 0) is 19.9 Å². The van der Waals surface area contributed by atoms with E-state index in [0.29, 0.717) is 9.18 Å². The molecule has 2 rings (SSSR count). The van der Waals surface area contributed by atoms with Gasteiger partial charge in [0.1, 0.15) is 0 Å². The van der Waals surface area contributed by atoms with Gasteiger partial charge in [-0.15, -0.1) is 0 Å². The highest BCUT2D eigenvalue weighted by Gasteiger charge is 2.61. The second kappa shape index (κ2) is 4.14. The quantitative estimate of drug-likeness (QED) is 0.824. The number of rotatable bonds is 3. The van der Waals surface area contributed by atoms with Crippen LogP contribution in [0.3, 0.4) is 0 Å². The standard InChI is InChI=1S/C10H10N2O5S2/c1-10(2)8(15)12(19(10,16)17)9-11-5-6(18-9)3-4-7(13)14/h3-5H,1-2H3,(H,13,14). The maximum absolute atomic E-state index is 11.9. The zero-order valence-electron chi connectivity index (χ0n) is 10.0. The Morgan fingerprint density at radius 3 is 2.68 bits per heavy atom. The lowest BCUT2D eigenvalue weighted by Crippen LogP contribution is -2.67. The van der Waals surface area contributed by atoms with Crippen molar-refractivity contribution >= 4 is 44.4 Å². The molecule has 19 heavy (non-hydrogen) atoms. The van der Waals surface area contributed by atoms with E-state index in [1.807, 2.05) is 0 Å². The molecule has 1 aliphatic rings. The number of carboxylic acid groups (broad SMARTS) is 1. The summed E-state index contributed by atoms with van der Waals surface area (Å²) in [5, 5.41) is 8.50. The summed E-state index contributed by atoms with van der Waals surface area (Å²) >= 11 is 0.930. The van der Waals surface area contributed by atoms with E-state index in [1.165, 1.54) is 26.1 Å². The van der Waals surface area contributed by atoms with Gasteiger partial charge in [-0.2, -0.15) is 4.31 Å². The fraction of sp³-hybridized carbons (Fsp3) is 0.300. The van der Waals surface area contributed by atoms with Gasteiger partial charge in [0.15, 0.2) is 4.75 Å². The average molecular weight is 302 g/mol. The first-order chi connectivity index (χ1) is 8.68. The van der Waals surface area contributed by atoms with Crippen LogP contribution < -0.4 is 4.31 Å². The fourth-order valence-electron chi connectivity index (χ4n) is 1.44. The van der Waals surface area contributed by atoms with Crippen LogP contribution in [-0.4, -0.2) is 35.1 Å². The Bertz CT molecular complexity index is 687. The first-order valence-electron chi connectivity index (χ1n) is 5.14. The van der Waals surface area contributed by atoms with E-state index in [4.69, 9.17) is 5.11 Å². The molecule has 0 bridgehead atoms. The molecule has 0 saturated carbocycles. The van der Waals surface area contributed by atoms with Crippen molar-refractivity contribution in [2.75, 3.05) is 4.31 Å². The Morgan fingerprint density at radius 2 is 2.16 bits per heavy atom. The number of amides is 1. The predicted octanol–water partition coefficient (Wildman–Crippen LogP) is 0.696. The molecule has 0 spiro atoms. The highest BCUT2D eigenvalue weighted by Crippen LogP contribution is 2.40. The molecular weight excluding hydrogens is 292 g/mol. The summed E-state index contributed by atoms with van der Waals surface area (Å²) in [6.45, 7) is 2.67. The summed E-state index contributed by atoms with van der Waals surface area (Å²) in [5.74, 6) is -1.67. The maximum atomic E-state index is 11.9. The van der Waals surface area contributed by atoms with Crippen LogP contribution in [0.25, 0.3) is 6.08 Å². The molecule has 0 unspecified atom stereocenters. The van der Waals surface area contributed by atoms with Crippen molar-refractivity contribution in [2.24, 2.45) is 0 Å². The lowest BCUT2D eigenvalue weighted by molar-refractivity contribution is -0.131. The van der Waals surface area contributed by atoms with E-state index in [-0.39, 0.29) is 5.13 Å². The molecular formula is C10H10N2O5S2. The van der Waals surface area contributed by atoms with Crippen molar-refractivity contribution < 1.29 is 23.1 Å². The summed E-state index contributed by atoms with van der Waals surface area (Å²) in [7, 11) is -3.73. The zero-order chi connectivity index (χ0) is 14.4. The van der Waals surface area contributed by atoms with Crippen LogP contribution in [-0.2, 0) is 19.6 Å². The van der Waals surface area contributed by atoms with Crippen LogP contribution >= 0.6 is 11.3 Å². The van der Waals surface area contributed by atoms with E-state index < -0.39 is 26.6 Å². The normalized spacial score (nSPS) is 20.5. The highest BCUT2D eigenvalue weighted by molar-refractivity contribution is 7.98. The number of nitrogens with zero attached hydrogens (tertiary/aromatic N) is 2. The van der Waals surface area contributed by atoms with Crippen molar-refractivity contribution in [3.8, 4) is 0 Å². The first-order valence-corrected chi connectivity index (χ1v) is 7.40. The van der Waals surface area contributed by atoms with E-state index in [1.54, 1.807) is 0 Å². The lowest BCUT2D eigenvalue weighted by atomic mass is 10.2. The van der Waals surface area contributed by atoms with Crippen molar-refractivity contribution in [3.05, 3.63) is 17.2 Å². The first kappa shape index (κ1) is 13.7. The highest BCUT2D eigenvalue weighted by atomic mass is 32.2. The summed E-state index contributed by atoms with van der Waals surface area (Å²) in [5.41, 5.74) is 0. The fourth-order valence-corrected chi connectivity index (χ4v) is 3.91. The molecule has 102 valence electrons. The Balaban J connectivity index is 2.31. The Hall–Kier alpha value is -1.74. The minimum atomic E-state index is -3.73. The lowest BCUT2D eigenvalue weighted by Gasteiger charge is -2.41. The van der Waals surface area contributed by atoms with Crippen LogP contribution in [0.4, 0.5) is 5.13 Å². The predicted molar refractivity (Wildman–Crippen MR) is 69.3 cm³/mol. The van der Waals surface area contributed by atoms with Gasteiger partial charge in [0, 0.05) is 17.2 Å². The van der Waals surface area contributed by atoms with E-state index in [0.717, 1.165) is 17.4 Å². The van der Waals surface area contributed by atoms with Crippen molar-refractivity contribution in [3.63, 3.8) is 0 Å². The third kappa shape index (κ3) is 1.94. The molecule has 1 amide bonds. The van der Waals surface area contributed by atoms with Gasteiger partial charge in [0.2, 0.25) is 5.13 Å². The van der Waals surface area contributed by atoms with Gasteiger partial charge in [0.05, 0.1) is 0 Å². The summed E-state index contributed by atoms with van der Waals surface area (Å²) in [6, 6.07) is 0.